The van der Waals surface area contributed by atoms with Gasteiger partial charge >= 0.3 is 0 Å². The van der Waals surface area contributed by atoms with E-state index in [9.17, 15) is 0 Å². The summed E-state index contributed by atoms with van der Waals surface area (Å²) in [5.41, 5.74) is 3.84. The first-order valence-electron chi connectivity index (χ1n) is 10.9. The van der Waals surface area contributed by atoms with Crippen molar-refractivity contribution in [1.82, 2.24) is 24.9 Å². The highest BCUT2D eigenvalue weighted by molar-refractivity contribution is 7.98. The molecule has 5 aromatic rings. The van der Waals surface area contributed by atoms with Gasteiger partial charge < -0.3 is 14.0 Å². The maximum Gasteiger partial charge on any atom is 0.237 e. The fourth-order valence-corrected chi connectivity index (χ4v) is 4.38. The van der Waals surface area contributed by atoms with E-state index in [0.29, 0.717) is 28.4 Å². The second kappa shape index (κ2) is 10.0. The van der Waals surface area contributed by atoms with Crippen molar-refractivity contribution in [3.8, 4) is 40.0 Å². The molecule has 0 saturated heterocycles. The predicted octanol–water partition coefficient (Wildman–Crippen LogP) is 5.60. The quantitative estimate of drug-likeness (QED) is 0.262. The van der Waals surface area contributed by atoms with E-state index in [1.807, 2.05) is 53.1 Å². The molecule has 5 rings (SSSR count). The number of methoxy groups -OCH3 is 2. The molecule has 176 valence electrons. The Kier molecular flexibility index (Phi) is 6.49. The van der Waals surface area contributed by atoms with Crippen molar-refractivity contribution >= 4 is 11.8 Å². The number of nitrogens with zero attached hydrogens (tertiary/aromatic N) is 5. The number of rotatable bonds is 8. The number of hydrogen-bond donors (Lipinski definition) is 0. The van der Waals surface area contributed by atoms with Gasteiger partial charge in [-0.25, -0.2) is 0 Å². The monoisotopic (exact) mass is 485 g/mol. The molecule has 0 fully saturated rings. The number of benzene rings is 3. The number of hydrogen-bond acceptors (Lipinski definition) is 8. The third-order valence-corrected chi connectivity index (χ3v) is 6.33. The summed E-state index contributed by atoms with van der Waals surface area (Å²) in [5.74, 6) is 3.66. The molecule has 0 aliphatic heterocycles. The highest BCUT2D eigenvalue weighted by atomic mass is 32.2. The van der Waals surface area contributed by atoms with Crippen LogP contribution >= 0.6 is 11.8 Å². The SMILES string of the molecule is COc1ccc(-c2noc(CSc3nnc(-c4ccccc4OC)n3-c3ccc(C)cc3)n2)cc1. The van der Waals surface area contributed by atoms with Crippen molar-refractivity contribution in [2.24, 2.45) is 0 Å². The Morgan fingerprint density at radius 2 is 1.66 bits per heavy atom. The largest absolute Gasteiger partial charge is 0.497 e. The van der Waals surface area contributed by atoms with E-state index in [2.05, 4.69) is 51.5 Å². The fourth-order valence-electron chi connectivity index (χ4n) is 3.59. The first kappa shape index (κ1) is 22.7. The molecule has 3 aromatic carbocycles. The average molecular weight is 486 g/mol. The molecule has 0 radical (unpaired) electrons. The van der Waals surface area contributed by atoms with Crippen molar-refractivity contribution in [2.45, 2.75) is 17.8 Å². The van der Waals surface area contributed by atoms with E-state index in [-0.39, 0.29) is 0 Å². The molecule has 9 heteroatoms. The molecule has 0 aliphatic rings. The van der Waals surface area contributed by atoms with Gasteiger partial charge in [0.2, 0.25) is 11.7 Å². The topological polar surface area (TPSA) is 88.1 Å². The van der Waals surface area contributed by atoms with E-state index >= 15 is 0 Å². The standard InChI is InChI=1S/C26H23N5O3S/c1-17-8-12-19(13-9-17)31-25(21-6-4-5-7-22(21)33-3)28-29-26(31)35-16-23-27-24(30-34-23)18-10-14-20(32-2)15-11-18/h4-15H,16H2,1-3H3. The summed E-state index contributed by atoms with van der Waals surface area (Å²) < 4.78 is 18.3. The molecular formula is C26H23N5O3S. The van der Waals surface area contributed by atoms with Crippen molar-refractivity contribution in [2.75, 3.05) is 14.2 Å². The van der Waals surface area contributed by atoms with Crippen LogP contribution in [0.2, 0.25) is 0 Å². The van der Waals surface area contributed by atoms with E-state index in [4.69, 9.17) is 14.0 Å². The minimum absolute atomic E-state index is 0.444. The molecule has 0 aliphatic carbocycles. The second-order valence-corrected chi connectivity index (χ2v) is 8.65. The lowest BCUT2D eigenvalue weighted by Gasteiger charge is -2.12. The number of aryl methyl sites for hydroxylation is 1. The maximum absolute atomic E-state index is 5.58. The van der Waals surface area contributed by atoms with E-state index in [1.165, 1.54) is 17.3 Å². The molecule has 35 heavy (non-hydrogen) atoms. The summed E-state index contributed by atoms with van der Waals surface area (Å²) in [4.78, 5) is 4.54. The van der Waals surface area contributed by atoms with E-state index in [1.54, 1.807) is 14.2 Å². The zero-order valence-corrected chi connectivity index (χ0v) is 20.3. The minimum atomic E-state index is 0.444. The Labute approximate surface area is 206 Å². The van der Waals surface area contributed by atoms with Gasteiger partial charge in [-0.15, -0.1) is 10.2 Å². The van der Waals surface area contributed by atoms with Crippen LogP contribution in [0.3, 0.4) is 0 Å². The van der Waals surface area contributed by atoms with Crippen molar-refractivity contribution < 1.29 is 14.0 Å². The molecule has 8 nitrogen and oxygen atoms in total. The fraction of sp³-hybridized carbons (Fsp3) is 0.154. The molecule has 0 saturated carbocycles. The third-order valence-electron chi connectivity index (χ3n) is 5.41. The lowest BCUT2D eigenvalue weighted by molar-refractivity contribution is 0.391. The van der Waals surface area contributed by atoms with Crippen LogP contribution in [0.5, 0.6) is 11.5 Å². The van der Waals surface area contributed by atoms with Gasteiger partial charge in [-0.1, -0.05) is 46.7 Å². The van der Waals surface area contributed by atoms with Crippen LogP contribution in [0.15, 0.2) is 82.5 Å². The average Bonchev–Trinajstić information content (AvgIpc) is 3.55. The Hall–Kier alpha value is -4.11. The van der Waals surface area contributed by atoms with Crippen LogP contribution < -0.4 is 9.47 Å². The normalized spacial score (nSPS) is 10.9. The molecule has 0 bridgehead atoms. The summed E-state index contributed by atoms with van der Waals surface area (Å²) in [6.45, 7) is 2.06. The van der Waals surface area contributed by atoms with Crippen LogP contribution in [0.1, 0.15) is 11.5 Å². The first-order valence-corrected chi connectivity index (χ1v) is 11.9. The van der Waals surface area contributed by atoms with Gasteiger partial charge in [0.25, 0.3) is 0 Å². The van der Waals surface area contributed by atoms with Gasteiger partial charge in [-0.05, 0) is 55.5 Å². The van der Waals surface area contributed by atoms with Crippen molar-refractivity contribution in [1.29, 1.82) is 0 Å². The van der Waals surface area contributed by atoms with Gasteiger partial charge in [0.05, 0.1) is 25.5 Å². The Morgan fingerprint density at radius 3 is 2.40 bits per heavy atom. The van der Waals surface area contributed by atoms with Crippen LogP contribution in [0.4, 0.5) is 0 Å². The van der Waals surface area contributed by atoms with Gasteiger partial charge in [-0.3, -0.25) is 4.57 Å². The molecule has 0 unspecified atom stereocenters. The zero-order valence-electron chi connectivity index (χ0n) is 19.5. The van der Waals surface area contributed by atoms with Crippen LogP contribution in [-0.2, 0) is 5.75 Å². The Balaban J connectivity index is 1.45. The first-order chi connectivity index (χ1) is 17.2. The summed E-state index contributed by atoms with van der Waals surface area (Å²) >= 11 is 1.48. The molecule has 0 spiro atoms. The highest BCUT2D eigenvalue weighted by Crippen LogP contribution is 2.34. The van der Waals surface area contributed by atoms with Crippen molar-refractivity contribution in [3.63, 3.8) is 0 Å². The maximum atomic E-state index is 5.58. The van der Waals surface area contributed by atoms with Crippen LogP contribution in [-0.4, -0.2) is 39.1 Å². The minimum Gasteiger partial charge on any atom is -0.497 e. The van der Waals surface area contributed by atoms with Crippen LogP contribution in [0.25, 0.3) is 28.5 Å². The number of aromatic nitrogens is 5. The smallest absolute Gasteiger partial charge is 0.237 e. The van der Waals surface area contributed by atoms with Gasteiger partial charge in [0.15, 0.2) is 11.0 Å². The number of para-hydroxylation sites is 1. The second-order valence-electron chi connectivity index (χ2n) is 7.71. The Bertz CT molecular complexity index is 1430. The lowest BCUT2D eigenvalue weighted by atomic mass is 10.1. The summed E-state index contributed by atoms with van der Waals surface area (Å²) in [6.07, 6.45) is 0. The molecule has 2 aromatic heterocycles. The van der Waals surface area contributed by atoms with Gasteiger partial charge in [-0.2, -0.15) is 4.98 Å². The summed E-state index contributed by atoms with van der Waals surface area (Å²) in [5, 5.41) is 13.8. The van der Waals surface area contributed by atoms with Gasteiger partial charge in [0, 0.05) is 11.3 Å². The van der Waals surface area contributed by atoms with E-state index in [0.717, 1.165) is 28.3 Å². The van der Waals surface area contributed by atoms with Gasteiger partial charge in [0.1, 0.15) is 11.5 Å². The van der Waals surface area contributed by atoms with Crippen molar-refractivity contribution in [3.05, 3.63) is 84.3 Å². The van der Waals surface area contributed by atoms with E-state index < -0.39 is 0 Å². The molecule has 0 atom stereocenters. The molecule has 0 N–H and O–H groups in total. The number of ether oxygens (including phenoxy) is 2. The summed E-state index contributed by atoms with van der Waals surface area (Å²) in [7, 11) is 3.28. The summed E-state index contributed by atoms with van der Waals surface area (Å²) in [6, 6.07) is 23.5. The molecule has 0 amide bonds. The molecular weight excluding hydrogens is 462 g/mol. The number of thioether (sulfide) groups is 1. The molecule has 2 heterocycles. The predicted molar refractivity (Wildman–Crippen MR) is 134 cm³/mol. The lowest BCUT2D eigenvalue weighted by Crippen LogP contribution is -2.01. The van der Waals surface area contributed by atoms with Crippen LogP contribution in [0, 0.1) is 6.92 Å². The third kappa shape index (κ3) is 4.76. The highest BCUT2D eigenvalue weighted by Gasteiger charge is 2.20. The zero-order chi connectivity index (χ0) is 24.2. The Morgan fingerprint density at radius 1 is 0.886 bits per heavy atom.